The fourth-order valence-electron chi connectivity index (χ4n) is 4.08. The number of aliphatic imine (C=N–C) groups is 1. The molecular weight excluding hydrogens is 529 g/mol. The molecule has 2 fully saturated rings. The van der Waals surface area contributed by atoms with Crippen LogP contribution in [0.1, 0.15) is 44.6 Å². The lowest BCUT2D eigenvalue weighted by Gasteiger charge is -2.21. The molecule has 2 aliphatic rings. The van der Waals surface area contributed by atoms with Gasteiger partial charge >= 0.3 is 0 Å². The number of benzene rings is 1. The lowest BCUT2D eigenvalue weighted by atomic mass is 10.1. The monoisotopic (exact) mass is 563 g/mol. The van der Waals surface area contributed by atoms with Gasteiger partial charge in [-0.05, 0) is 50.9 Å². The zero-order valence-electron chi connectivity index (χ0n) is 18.3. The minimum atomic E-state index is -3.43. The number of hydrogen-bond acceptors (Lipinski definition) is 4. The SMILES string of the molecule is CCNC(=NCc1ccc(S(=O)(=O)NC)cc1)NC1CCN(C(=O)C2CCCC2)C1.I. The van der Waals surface area contributed by atoms with Gasteiger partial charge in [-0.1, -0.05) is 25.0 Å². The highest BCUT2D eigenvalue weighted by Gasteiger charge is 2.32. The summed E-state index contributed by atoms with van der Waals surface area (Å²) in [6.07, 6.45) is 5.33. The van der Waals surface area contributed by atoms with E-state index >= 15 is 0 Å². The van der Waals surface area contributed by atoms with Crippen molar-refractivity contribution in [2.75, 3.05) is 26.7 Å². The van der Waals surface area contributed by atoms with Gasteiger partial charge in [-0.25, -0.2) is 18.1 Å². The van der Waals surface area contributed by atoms with Gasteiger partial charge in [0.15, 0.2) is 5.96 Å². The number of amides is 1. The Morgan fingerprint density at radius 2 is 1.84 bits per heavy atom. The van der Waals surface area contributed by atoms with Crippen LogP contribution in [-0.2, 0) is 21.4 Å². The summed E-state index contributed by atoms with van der Waals surface area (Å²) in [6.45, 7) is 4.71. The van der Waals surface area contributed by atoms with E-state index in [0.717, 1.165) is 44.5 Å². The van der Waals surface area contributed by atoms with Gasteiger partial charge in [0.1, 0.15) is 0 Å². The average Bonchev–Trinajstić information content (AvgIpc) is 3.44. The Kier molecular flexibility index (Phi) is 10.0. The maximum absolute atomic E-state index is 12.6. The molecule has 1 atom stereocenters. The van der Waals surface area contributed by atoms with E-state index in [0.29, 0.717) is 18.4 Å². The molecule has 1 heterocycles. The normalized spacial score (nSPS) is 19.9. The Labute approximate surface area is 202 Å². The maximum Gasteiger partial charge on any atom is 0.240 e. The number of sulfonamides is 1. The molecule has 1 saturated carbocycles. The largest absolute Gasteiger partial charge is 0.357 e. The quantitative estimate of drug-likeness (QED) is 0.268. The number of carbonyl (C=O) groups excluding carboxylic acids is 1. The molecule has 1 aromatic carbocycles. The van der Waals surface area contributed by atoms with Gasteiger partial charge in [-0.3, -0.25) is 4.79 Å². The van der Waals surface area contributed by atoms with Crippen LogP contribution in [0.2, 0.25) is 0 Å². The van der Waals surface area contributed by atoms with Gasteiger partial charge in [-0.15, -0.1) is 24.0 Å². The number of guanidine groups is 1. The van der Waals surface area contributed by atoms with Gasteiger partial charge < -0.3 is 15.5 Å². The van der Waals surface area contributed by atoms with Crippen molar-refractivity contribution in [3.05, 3.63) is 29.8 Å². The Morgan fingerprint density at radius 1 is 1.16 bits per heavy atom. The second-order valence-electron chi connectivity index (χ2n) is 7.94. The fraction of sp³-hybridized carbons (Fsp3) is 0.619. The second kappa shape index (κ2) is 12.0. The highest BCUT2D eigenvalue weighted by Crippen LogP contribution is 2.27. The number of hydrogen-bond donors (Lipinski definition) is 3. The third kappa shape index (κ3) is 7.04. The predicted octanol–water partition coefficient (Wildman–Crippen LogP) is 2.06. The molecule has 3 rings (SSSR count). The molecule has 1 amide bonds. The van der Waals surface area contributed by atoms with Gasteiger partial charge in [0.2, 0.25) is 15.9 Å². The third-order valence-electron chi connectivity index (χ3n) is 5.81. The molecule has 1 aliphatic carbocycles. The molecule has 0 radical (unpaired) electrons. The van der Waals surface area contributed by atoms with Crippen molar-refractivity contribution in [2.24, 2.45) is 10.9 Å². The van der Waals surface area contributed by atoms with Crippen molar-refractivity contribution in [3.63, 3.8) is 0 Å². The van der Waals surface area contributed by atoms with Crippen molar-refractivity contribution in [1.82, 2.24) is 20.3 Å². The van der Waals surface area contributed by atoms with E-state index in [2.05, 4.69) is 20.3 Å². The lowest BCUT2D eigenvalue weighted by Crippen LogP contribution is -2.45. The molecule has 1 saturated heterocycles. The van der Waals surface area contributed by atoms with Gasteiger partial charge in [-0.2, -0.15) is 0 Å². The Balaban J connectivity index is 0.00000341. The van der Waals surface area contributed by atoms with E-state index in [4.69, 9.17) is 0 Å². The van der Waals surface area contributed by atoms with Crippen LogP contribution in [-0.4, -0.2) is 57.9 Å². The van der Waals surface area contributed by atoms with Crippen molar-refractivity contribution in [2.45, 2.75) is 56.5 Å². The Bertz CT molecular complexity index is 854. The number of halogens is 1. The Morgan fingerprint density at radius 3 is 2.45 bits per heavy atom. The zero-order chi connectivity index (χ0) is 21.6. The topological polar surface area (TPSA) is 103 Å². The van der Waals surface area contributed by atoms with Gasteiger partial charge in [0.05, 0.1) is 11.4 Å². The summed E-state index contributed by atoms with van der Waals surface area (Å²) in [6, 6.07) is 6.90. The second-order valence-corrected chi connectivity index (χ2v) is 9.83. The van der Waals surface area contributed by atoms with Crippen LogP contribution < -0.4 is 15.4 Å². The first-order valence-corrected chi connectivity index (χ1v) is 12.3. The minimum Gasteiger partial charge on any atom is -0.357 e. The average molecular weight is 564 g/mol. The first kappa shape index (κ1) is 25.9. The van der Waals surface area contributed by atoms with E-state index in [9.17, 15) is 13.2 Å². The minimum absolute atomic E-state index is 0. The molecule has 174 valence electrons. The molecular formula is C21H34IN5O3S. The first-order valence-electron chi connectivity index (χ1n) is 10.8. The molecule has 31 heavy (non-hydrogen) atoms. The third-order valence-corrected chi connectivity index (χ3v) is 7.24. The van der Waals surface area contributed by atoms with E-state index in [-0.39, 0.29) is 40.8 Å². The summed E-state index contributed by atoms with van der Waals surface area (Å²) in [5.41, 5.74) is 0.923. The Hall–Kier alpha value is -1.40. The van der Waals surface area contributed by atoms with E-state index in [1.165, 1.54) is 19.9 Å². The van der Waals surface area contributed by atoms with Crippen molar-refractivity contribution in [3.8, 4) is 0 Å². The van der Waals surface area contributed by atoms with Crippen LogP contribution in [0.15, 0.2) is 34.2 Å². The van der Waals surface area contributed by atoms with E-state index in [1.54, 1.807) is 24.3 Å². The zero-order valence-corrected chi connectivity index (χ0v) is 21.4. The summed E-state index contributed by atoms with van der Waals surface area (Å²) < 4.78 is 26.0. The van der Waals surface area contributed by atoms with Crippen LogP contribution in [0.4, 0.5) is 0 Å². The summed E-state index contributed by atoms with van der Waals surface area (Å²) in [5.74, 6) is 1.25. The van der Waals surface area contributed by atoms with Crippen LogP contribution in [0.5, 0.6) is 0 Å². The van der Waals surface area contributed by atoms with Crippen molar-refractivity contribution in [1.29, 1.82) is 0 Å². The predicted molar refractivity (Wildman–Crippen MR) is 133 cm³/mol. The number of nitrogens with one attached hydrogen (secondary N) is 3. The van der Waals surface area contributed by atoms with E-state index < -0.39 is 10.0 Å². The summed E-state index contributed by atoms with van der Waals surface area (Å²) >= 11 is 0. The molecule has 0 spiro atoms. The van der Waals surface area contributed by atoms with E-state index in [1.807, 2.05) is 11.8 Å². The van der Waals surface area contributed by atoms with Gasteiger partial charge in [0, 0.05) is 31.6 Å². The number of rotatable bonds is 7. The van der Waals surface area contributed by atoms with Gasteiger partial charge in [0.25, 0.3) is 0 Å². The first-order chi connectivity index (χ1) is 14.4. The van der Waals surface area contributed by atoms with Crippen LogP contribution in [0.25, 0.3) is 0 Å². The highest BCUT2D eigenvalue weighted by molar-refractivity contribution is 14.0. The summed E-state index contributed by atoms with van der Waals surface area (Å²) in [4.78, 5) is 19.5. The van der Waals surface area contributed by atoms with Crippen molar-refractivity contribution >= 4 is 45.9 Å². The molecule has 10 heteroatoms. The number of likely N-dealkylation sites (tertiary alicyclic amines) is 1. The lowest BCUT2D eigenvalue weighted by molar-refractivity contribution is -0.134. The molecule has 0 bridgehead atoms. The molecule has 3 N–H and O–H groups in total. The van der Waals surface area contributed by atoms with Crippen molar-refractivity contribution < 1.29 is 13.2 Å². The van der Waals surface area contributed by atoms with Crippen LogP contribution >= 0.6 is 24.0 Å². The summed E-state index contributed by atoms with van der Waals surface area (Å²) in [5, 5.41) is 6.70. The summed E-state index contributed by atoms with van der Waals surface area (Å²) in [7, 11) is -2.04. The molecule has 1 aromatic rings. The maximum atomic E-state index is 12.6. The number of carbonyl (C=O) groups is 1. The smallest absolute Gasteiger partial charge is 0.240 e. The standard InChI is InChI=1S/C21H33N5O3S.HI/c1-3-23-21(24-14-16-8-10-19(11-9-16)30(28,29)22-2)25-18-12-13-26(15-18)20(27)17-6-4-5-7-17;/h8-11,17-18,22H,3-7,12-15H2,1-2H3,(H2,23,24,25);1H. The molecule has 0 aromatic heterocycles. The fourth-order valence-corrected chi connectivity index (χ4v) is 4.81. The molecule has 8 nitrogen and oxygen atoms in total. The van der Waals surface area contributed by atoms with Crippen LogP contribution in [0.3, 0.4) is 0 Å². The molecule has 1 unspecified atom stereocenters. The number of nitrogens with zero attached hydrogens (tertiary/aromatic N) is 2. The highest BCUT2D eigenvalue weighted by atomic mass is 127. The molecule has 1 aliphatic heterocycles. The van der Waals surface area contributed by atoms with Crippen LogP contribution in [0, 0.1) is 5.92 Å².